The highest BCUT2D eigenvalue weighted by Gasteiger charge is 2.48. The number of aliphatic hydroxyl groups excluding tert-OH is 1. The predicted octanol–water partition coefficient (Wildman–Crippen LogP) is 2.98. The summed E-state index contributed by atoms with van der Waals surface area (Å²) in [7, 11) is 0.0196. The molecule has 3 N–H and O–H groups in total. The van der Waals surface area contributed by atoms with Crippen LogP contribution in [0.25, 0.3) is 0 Å². The SMILES string of the molecule is C/C=C(C)\C=C(\F)CNc1c(NS(=O)C2(CCO)CC2)cn(COC)c(=O)c1C. The molecule has 162 valence electrons. The maximum Gasteiger partial charge on any atom is 0.257 e. The van der Waals surface area contributed by atoms with Gasteiger partial charge >= 0.3 is 0 Å². The van der Waals surface area contributed by atoms with E-state index in [1.807, 2.05) is 6.92 Å². The molecule has 1 unspecified atom stereocenters. The molecule has 0 aliphatic heterocycles. The van der Waals surface area contributed by atoms with Gasteiger partial charge in [-0.3, -0.25) is 9.36 Å². The molecule has 7 nitrogen and oxygen atoms in total. The molecule has 1 saturated carbocycles. The maximum absolute atomic E-state index is 14.2. The van der Waals surface area contributed by atoms with E-state index >= 15 is 0 Å². The lowest BCUT2D eigenvalue weighted by Crippen LogP contribution is -2.28. The summed E-state index contributed by atoms with van der Waals surface area (Å²) in [6.07, 6.45) is 6.68. The molecule has 0 bridgehead atoms. The van der Waals surface area contributed by atoms with Crippen molar-refractivity contribution in [2.75, 3.05) is 30.3 Å². The Kier molecular flexibility index (Phi) is 8.18. The van der Waals surface area contributed by atoms with Crippen LogP contribution in [-0.4, -0.2) is 38.9 Å². The van der Waals surface area contributed by atoms with Crippen molar-refractivity contribution in [3.8, 4) is 0 Å². The van der Waals surface area contributed by atoms with Gasteiger partial charge in [-0.1, -0.05) is 11.6 Å². The highest BCUT2D eigenvalue weighted by Crippen LogP contribution is 2.45. The molecule has 0 amide bonds. The Morgan fingerprint density at radius 2 is 2.17 bits per heavy atom. The number of nitrogens with zero attached hydrogens (tertiary/aromatic N) is 1. The van der Waals surface area contributed by atoms with Gasteiger partial charge in [0.05, 0.1) is 22.7 Å². The summed E-state index contributed by atoms with van der Waals surface area (Å²) in [4.78, 5) is 12.6. The zero-order valence-electron chi connectivity index (χ0n) is 17.4. The van der Waals surface area contributed by atoms with E-state index in [1.54, 1.807) is 19.9 Å². The van der Waals surface area contributed by atoms with Crippen molar-refractivity contribution in [1.82, 2.24) is 4.57 Å². The second kappa shape index (κ2) is 10.2. The van der Waals surface area contributed by atoms with Gasteiger partial charge in [-0.05, 0) is 46.1 Å². The largest absolute Gasteiger partial charge is 0.396 e. The first-order valence-electron chi connectivity index (χ1n) is 9.53. The van der Waals surface area contributed by atoms with Crippen LogP contribution >= 0.6 is 0 Å². The van der Waals surface area contributed by atoms with Crippen LogP contribution in [0.5, 0.6) is 0 Å². The van der Waals surface area contributed by atoms with E-state index in [0.717, 1.165) is 18.4 Å². The maximum atomic E-state index is 14.2. The van der Waals surface area contributed by atoms with E-state index < -0.39 is 15.7 Å². The third kappa shape index (κ3) is 5.77. The fraction of sp³-hybridized carbons (Fsp3) is 0.550. The Balaban J connectivity index is 2.35. The fourth-order valence-electron chi connectivity index (χ4n) is 2.98. The van der Waals surface area contributed by atoms with Crippen molar-refractivity contribution in [3.05, 3.63) is 45.7 Å². The van der Waals surface area contributed by atoms with Gasteiger partial charge in [0.15, 0.2) is 0 Å². The van der Waals surface area contributed by atoms with E-state index in [1.165, 1.54) is 23.9 Å². The van der Waals surface area contributed by atoms with Gasteiger partial charge in [-0.25, -0.2) is 8.60 Å². The lowest BCUT2D eigenvalue weighted by atomic mass is 10.2. The lowest BCUT2D eigenvalue weighted by Gasteiger charge is -2.20. The quantitative estimate of drug-likeness (QED) is 0.472. The van der Waals surface area contributed by atoms with Crippen LogP contribution in [0.1, 0.15) is 38.7 Å². The smallest absolute Gasteiger partial charge is 0.257 e. The summed E-state index contributed by atoms with van der Waals surface area (Å²) in [5, 5.41) is 12.2. The van der Waals surface area contributed by atoms with Crippen molar-refractivity contribution in [3.63, 3.8) is 0 Å². The first-order chi connectivity index (χ1) is 13.8. The first-order valence-corrected chi connectivity index (χ1v) is 10.7. The summed E-state index contributed by atoms with van der Waals surface area (Å²) < 4.78 is 36.0. The molecule has 1 aliphatic rings. The number of anilines is 2. The Morgan fingerprint density at radius 3 is 2.72 bits per heavy atom. The van der Waals surface area contributed by atoms with Crippen LogP contribution in [0.3, 0.4) is 0 Å². The first kappa shape index (κ1) is 23.3. The average Bonchev–Trinajstić information content (AvgIpc) is 3.46. The standard InChI is InChI=1S/C20H30FN3O4S/c1-5-14(2)10-16(21)11-22-18-15(3)19(26)24(13-28-4)12-17(18)23-29(27)20(6-7-20)8-9-25/h5,10,12,22-23,25H,6-9,11,13H2,1-4H3/b14-5-,16-10+. The molecule has 1 atom stereocenters. The van der Waals surface area contributed by atoms with Crippen LogP contribution in [0.15, 0.2) is 34.5 Å². The van der Waals surface area contributed by atoms with E-state index in [9.17, 15) is 18.5 Å². The number of methoxy groups -OCH3 is 1. The third-order valence-corrected chi connectivity index (χ3v) is 6.83. The fourth-order valence-corrected chi connectivity index (χ4v) is 4.30. The molecule has 1 aromatic heterocycles. The van der Waals surface area contributed by atoms with Crippen LogP contribution < -0.4 is 15.6 Å². The summed E-state index contributed by atoms with van der Waals surface area (Å²) in [5.41, 5.74) is 1.70. The van der Waals surface area contributed by atoms with Crippen LogP contribution in [0.4, 0.5) is 15.8 Å². The van der Waals surface area contributed by atoms with Crippen molar-refractivity contribution < 1.29 is 18.4 Å². The lowest BCUT2D eigenvalue weighted by molar-refractivity contribution is 0.128. The number of halogens is 1. The molecule has 1 aliphatic carbocycles. The Hall–Kier alpha value is -1.97. The van der Waals surface area contributed by atoms with Crippen molar-refractivity contribution in [2.24, 2.45) is 0 Å². The highest BCUT2D eigenvalue weighted by molar-refractivity contribution is 7.88. The molecule has 1 aromatic rings. The van der Waals surface area contributed by atoms with Gasteiger partial charge in [0.25, 0.3) is 5.56 Å². The number of aromatic nitrogens is 1. The Morgan fingerprint density at radius 1 is 1.48 bits per heavy atom. The van der Waals surface area contributed by atoms with Gasteiger partial charge < -0.3 is 19.9 Å². The molecule has 9 heteroatoms. The van der Waals surface area contributed by atoms with Crippen molar-refractivity contribution in [1.29, 1.82) is 0 Å². The zero-order chi connectivity index (χ0) is 21.6. The topological polar surface area (TPSA) is 92.6 Å². The van der Waals surface area contributed by atoms with E-state index in [4.69, 9.17) is 4.74 Å². The molecule has 1 heterocycles. The number of ether oxygens (including phenoxy) is 1. The van der Waals surface area contributed by atoms with Gasteiger partial charge in [0.2, 0.25) is 0 Å². The normalized spacial score (nSPS) is 17.2. The molecule has 1 fully saturated rings. The van der Waals surface area contributed by atoms with Crippen LogP contribution in [0.2, 0.25) is 0 Å². The van der Waals surface area contributed by atoms with E-state index in [0.29, 0.717) is 23.4 Å². The van der Waals surface area contributed by atoms with Crippen LogP contribution in [-0.2, 0) is 22.5 Å². The van der Waals surface area contributed by atoms with Gasteiger partial charge in [0, 0.05) is 25.5 Å². The molecule has 29 heavy (non-hydrogen) atoms. The van der Waals surface area contributed by atoms with Crippen molar-refractivity contribution in [2.45, 2.75) is 51.5 Å². The van der Waals surface area contributed by atoms with Gasteiger partial charge in [-0.2, -0.15) is 0 Å². The average molecular weight is 428 g/mol. The molecule has 0 aromatic carbocycles. The monoisotopic (exact) mass is 427 g/mol. The number of hydrogen-bond acceptors (Lipinski definition) is 5. The van der Waals surface area contributed by atoms with Gasteiger partial charge in [0.1, 0.15) is 23.5 Å². The van der Waals surface area contributed by atoms with E-state index in [2.05, 4.69) is 10.0 Å². The van der Waals surface area contributed by atoms with Crippen molar-refractivity contribution >= 4 is 22.4 Å². The second-order valence-corrected chi connectivity index (χ2v) is 8.85. The summed E-state index contributed by atoms with van der Waals surface area (Å²) >= 11 is 0. The number of rotatable bonds is 11. The number of hydrogen-bond donors (Lipinski definition) is 3. The second-order valence-electron chi connectivity index (χ2n) is 7.24. The molecular formula is C20H30FN3O4S. The third-order valence-electron chi connectivity index (χ3n) is 5.02. The molecule has 0 spiro atoms. The summed E-state index contributed by atoms with van der Waals surface area (Å²) in [6.45, 7) is 5.14. The number of nitrogens with one attached hydrogen (secondary N) is 2. The van der Waals surface area contributed by atoms with Gasteiger partial charge in [-0.15, -0.1) is 0 Å². The Bertz CT molecular complexity index is 875. The minimum absolute atomic E-state index is 0.0395. The van der Waals surface area contributed by atoms with Crippen LogP contribution in [0, 0.1) is 6.92 Å². The number of pyridine rings is 1. The number of allylic oxidation sites excluding steroid dienone is 3. The molecular weight excluding hydrogens is 397 g/mol. The van der Waals surface area contributed by atoms with E-state index in [-0.39, 0.29) is 31.3 Å². The number of aliphatic hydroxyl groups is 1. The zero-order valence-corrected chi connectivity index (χ0v) is 18.2. The molecule has 0 radical (unpaired) electrons. The minimum Gasteiger partial charge on any atom is -0.396 e. The molecule has 0 saturated heterocycles. The molecule has 2 rings (SSSR count). The predicted molar refractivity (Wildman–Crippen MR) is 115 cm³/mol. The Labute approximate surface area is 173 Å². The highest BCUT2D eigenvalue weighted by atomic mass is 32.2. The summed E-state index contributed by atoms with van der Waals surface area (Å²) in [5.74, 6) is -0.382. The minimum atomic E-state index is -1.46. The summed E-state index contributed by atoms with van der Waals surface area (Å²) in [6, 6.07) is 0.